The summed E-state index contributed by atoms with van der Waals surface area (Å²) in [7, 11) is 0. The molecule has 1 heterocycles. The van der Waals surface area contributed by atoms with Gasteiger partial charge in [-0.05, 0) is 48.2 Å². The maximum Gasteiger partial charge on any atom is 0.161 e. The zero-order valence-corrected chi connectivity index (χ0v) is 19.2. The Hall–Kier alpha value is -2.62. The quantitative estimate of drug-likeness (QED) is 0.319. The number of hydrogen-bond acceptors (Lipinski definition) is 4. The minimum absolute atomic E-state index is 0.236. The lowest BCUT2D eigenvalue weighted by Crippen LogP contribution is -2.45. The van der Waals surface area contributed by atoms with Gasteiger partial charge in [-0.25, -0.2) is 9.18 Å². The van der Waals surface area contributed by atoms with Crippen LogP contribution >= 0.6 is 0 Å². The molecule has 1 aliphatic rings. The van der Waals surface area contributed by atoms with E-state index in [0.717, 1.165) is 24.3 Å². The van der Waals surface area contributed by atoms with Gasteiger partial charge in [0, 0.05) is 26.2 Å². The summed E-state index contributed by atoms with van der Waals surface area (Å²) >= 11 is 0. The molecule has 0 aromatic heterocycles. The van der Waals surface area contributed by atoms with E-state index >= 15 is 0 Å². The number of halogens is 1. The van der Waals surface area contributed by atoms with Gasteiger partial charge < -0.3 is 9.64 Å². The second kappa shape index (κ2) is 13.0. The molecule has 2 aromatic rings. The molecule has 0 bridgehead atoms. The highest BCUT2D eigenvalue weighted by atomic mass is 19.1. The number of benzene rings is 2. The lowest BCUT2D eigenvalue weighted by molar-refractivity contribution is 0.101. The van der Waals surface area contributed by atoms with Crippen molar-refractivity contribution in [2.45, 2.75) is 58.4 Å². The molecular formula is C27H35FN2O2. The van der Waals surface area contributed by atoms with E-state index in [1.54, 1.807) is 12.1 Å². The topological polar surface area (TPSA) is 32.8 Å². The summed E-state index contributed by atoms with van der Waals surface area (Å²) in [6.07, 6.45) is 8.96. The molecule has 1 saturated heterocycles. The first kappa shape index (κ1) is 24.0. The minimum atomic E-state index is -0.236. The van der Waals surface area contributed by atoms with Crippen LogP contribution in [0.25, 0.3) is 0 Å². The van der Waals surface area contributed by atoms with Gasteiger partial charge in [0.25, 0.3) is 0 Å². The molecule has 0 amide bonds. The fourth-order valence-corrected chi connectivity index (χ4v) is 4.02. The minimum Gasteiger partial charge on any atom is -0.473 e. The van der Waals surface area contributed by atoms with Crippen LogP contribution in [0, 0.1) is 5.82 Å². The van der Waals surface area contributed by atoms with E-state index in [2.05, 4.69) is 29.9 Å². The van der Waals surface area contributed by atoms with Gasteiger partial charge in [-0.15, -0.1) is 0 Å². The number of nitrogens with zero attached hydrogens (tertiary/aromatic N) is 2. The van der Waals surface area contributed by atoms with E-state index in [-0.39, 0.29) is 5.82 Å². The zero-order chi connectivity index (χ0) is 22.6. The average Bonchev–Trinajstić information content (AvgIpc) is 2.82. The van der Waals surface area contributed by atoms with Crippen LogP contribution < -0.4 is 4.74 Å². The van der Waals surface area contributed by atoms with Crippen LogP contribution in [-0.4, -0.2) is 42.1 Å². The highest BCUT2D eigenvalue weighted by Crippen LogP contribution is 2.18. The van der Waals surface area contributed by atoms with E-state index in [1.165, 1.54) is 56.2 Å². The Labute approximate surface area is 191 Å². The van der Waals surface area contributed by atoms with Gasteiger partial charge in [-0.3, -0.25) is 4.90 Å². The van der Waals surface area contributed by atoms with Crippen LogP contribution in [-0.2, 0) is 17.8 Å². The molecule has 5 heteroatoms. The van der Waals surface area contributed by atoms with Crippen LogP contribution in [0.5, 0.6) is 5.75 Å². The van der Waals surface area contributed by atoms with Gasteiger partial charge >= 0.3 is 0 Å². The lowest BCUT2D eigenvalue weighted by atomic mass is 10.0. The molecule has 1 aliphatic heterocycles. The van der Waals surface area contributed by atoms with Crippen molar-refractivity contribution in [3.63, 3.8) is 0 Å². The highest BCUT2D eigenvalue weighted by molar-refractivity contribution is 5.52. The van der Waals surface area contributed by atoms with Crippen molar-refractivity contribution in [1.82, 2.24) is 9.80 Å². The van der Waals surface area contributed by atoms with E-state index in [9.17, 15) is 9.18 Å². The second-order valence-corrected chi connectivity index (χ2v) is 8.58. The van der Waals surface area contributed by atoms with Crippen molar-refractivity contribution in [3.8, 4) is 5.75 Å². The number of piperazine rings is 1. The summed E-state index contributed by atoms with van der Waals surface area (Å²) in [5.74, 6) is 2.66. The third kappa shape index (κ3) is 7.81. The lowest BCUT2D eigenvalue weighted by Gasteiger charge is -2.36. The Balaban J connectivity index is 1.40. The van der Waals surface area contributed by atoms with Crippen molar-refractivity contribution in [2.75, 3.05) is 26.4 Å². The number of carbonyl (C=O) groups excluding carboxylic acids is 1. The van der Waals surface area contributed by atoms with Crippen LogP contribution in [0.1, 0.15) is 56.6 Å². The third-order valence-corrected chi connectivity index (χ3v) is 6.01. The van der Waals surface area contributed by atoms with Crippen LogP contribution in [0.15, 0.2) is 54.2 Å². The Morgan fingerprint density at radius 3 is 2.31 bits per heavy atom. The van der Waals surface area contributed by atoms with Crippen molar-refractivity contribution in [1.29, 1.82) is 0 Å². The summed E-state index contributed by atoms with van der Waals surface area (Å²) in [6.45, 7) is 5.29. The number of unbranched alkanes of at least 4 members (excludes halogenated alkanes) is 5. The van der Waals surface area contributed by atoms with E-state index in [1.807, 2.05) is 17.0 Å². The molecule has 4 nitrogen and oxygen atoms in total. The molecule has 32 heavy (non-hydrogen) atoms. The standard InChI is InChI=1S/C27H35FN2O2/c1-2-3-4-5-6-7-8-23-11-15-27(16-12-23)32-22-30-18-17-29(20-26(30)21-31)19-24-9-13-25(28)14-10-24/h9-16H,2-8,17-20,22H2,1H3. The predicted molar refractivity (Wildman–Crippen MR) is 127 cm³/mol. The molecule has 0 saturated carbocycles. The first-order valence-electron chi connectivity index (χ1n) is 11.9. The highest BCUT2D eigenvalue weighted by Gasteiger charge is 2.22. The number of hydrogen-bond donors (Lipinski definition) is 0. The largest absolute Gasteiger partial charge is 0.473 e. The summed E-state index contributed by atoms with van der Waals surface area (Å²) in [4.78, 5) is 15.6. The van der Waals surface area contributed by atoms with Gasteiger partial charge in [-0.1, -0.05) is 63.3 Å². The molecule has 2 aromatic carbocycles. The number of ether oxygens (including phenoxy) is 1. The molecular weight excluding hydrogens is 403 g/mol. The van der Waals surface area contributed by atoms with Crippen LogP contribution in [0.2, 0.25) is 0 Å². The summed E-state index contributed by atoms with van der Waals surface area (Å²) < 4.78 is 19.0. The summed E-state index contributed by atoms with van der Waals surface area (Å²) in [5, 5.41) is 0. The Morgan fingerprint density at radius 1 is 0.906 bits per heavy atom. The monoisotopic (exact) mass is 438 g/mol. The SMILES string of the molecule is CCCCCCCCc1ccc(OCN2CCN(Cc3ccc(F)cc3)CC2=C=O)cc1. The normalized spacial score (nSPS) is 14.4. The summed E-state index contributed by atoms with van der Waals surface area (Å²) in [5.41, 5.74) is 2.97. The molecule has 1 fully saturated rings. The number of rotatable bonds is 12. The molecule has 0 radical (unpaired) electrons. The molecule has 0 unspecified atom stereocenters. The Bertz CT molecular complexity index is 860. The predicted octanol–water partition coefficient (Wildman–Crippen LogP) is 5.60. The van der Waals surface area contributed by atoms with E-state index < -0.39 is 0 Å². The van der Waals surface area contributed by atoms with E-state index in [4.69, 9.17) is 4.74 Å². The van der Waals surface area contributed by atoms with Crippen LogP contribution in [0.3, 0.4) is 0 Å². The van der Waals surface area contributed by atoms with E-state index in [0.29, 0.717) is 32.1 Å². The smallest absolute Gasteiger partial charge is 0.161 e. The molecule has 0 atom stereocenters. The zero-order valence-electron chi connectivity index (χ0n) is 19.2. The van der Waals surface area contributed by atoms with Gasteiger partial charge in [0.1, 0.15) is 23.2 Å². The third-order valence-electron chi connectivity index (χ3n) is 6.01. The molecule has 3 rings (SSSR count). The fourth-order valence-electron chi connectivity index (χ4n) is 4.02. The van der Waals surface area contributed by atoms with Gasteiger partial charge in [-0.2, -0.15) is 0 Å². The second-order valence-electron chi connectivity index (χ2n) is 8.58. The maximum atomic E-state index is 13.1. The first-order valence-corrected chi connectivity index (χ1v) is 11.9. The molecule has 0 N–H and O–H groups in total. The van der Waals surface area contributed by atoms with Gasteiger partial charge in [0.15, 0.2) is 6.73 Å². The first-order chi connectivity index (χ1) is 15.7. The Morgan fingerprint density at radius 2 is 1.59 bits per heavy atom. The fraction of sp³-hybridized carbons (Fsp3) is 0.481. The molecule has 0 aliphatic carbocycles. The number of aryl methyl sites for hydroxylation is 1. The van der Waals surface area contributed by atoms with Gasteiger partial charge in [0.05, 0.1) is 0 Å². The van der Waals surface area contributed by atoms with Crippen LogP contribution in [0.4, 0.5) is 4.39 Å². The van der Waals surface area contributed by atoms with Crippen molar-refractivity contribution < 1.29 is 13.9 Å². The van der Waals surface area contributed by atoms with Crippen molar-refractivity contribution in [3.05, 3.63) is 71.2 Å². The maximum absolute atomic E-state index is 13.1. The van der Waals surface area contributed by atoms with Gasteiger partial charge in [0.2, 0.25) is 0 Å². The molecule has 0 spiro atoms. The van der Waals surface area contributed by atoms with Crippen molar-refractivity contribution >= 4 is 5.94 Å². The van der Waals surface area contributed by atoms with Crippen molar-refractivity contribution in [2.24, 2.45) is 0 Å². The average molecular weight is 439 g/mol. The summed E-state index contributed by atoms with van der Waals surface area (Å²) in [6, 6.07) is 14.8. The molecule has 172 valence electrons. The Kier molecular flexibility index (Phi) is 9.80.